The monoisotopic (exact) mass is 344 g/mol. The fraction of sp³-hybridized carbons (Fsp3) is 0.263. The Bertz CT molecular complexity index is 823. The lowest BCUT2D eigenvalue weighted by Gasteiger charge is -2.17. The van der Waals surface area contributed by atoms with Crippen molar-refractivity contribution in [2.24, 2.45) is 5.92 Å². The molecule has 3 rings (SSSR count). The molecule has 4 nitrogen and oxygen atoms in total. The van der Waals surface area contributed by atoms with Crippen LogP contribution in [-0.4, -0.2) is 18.4 Å². The topological polar surface area (TPSA) is 49.4 Å². The van der Waals surface area contributed by atoms with Gasteiger partial charge in [-0.2, -0.15) is 0 Å². The second-order valence-corrected chi connectivity index (χ2v) is 6.04. The van der Waals surface area contributed by atoms with E-state index in [4.69, 9.17) is 0 Å². The lowest BCUT2D eigenvalue weighted by Crippen LogP contribution is -2.28. The molecule has 130 valence electrons. The third-order valence-electron chi connectivity index (χ3n) is 4.32. The van der Waals surface area contributed by atoms with Gasteiger partial charge in [-0.1, -0.05) is 19.1 Å². The minimum atomic E-state index is -0.842. The van der Waals surface area contributed by atoms with Crippen LogP contribution in [0.5, 0.6) is 0 Å². The zero-order chi connectivity index (χ0) is 18.0. The molecule has 0 spiro atoms. The van der Waals surface area contributed by atoms with Crippen LogP contribution in [0.1, 0.15) is 18.9 Å². The molecule has 1 aliphatic rings. The predicted octanol–water partition coefficient (Wildman–Crippen LogP) is 3.52. The Hall–Kier alpha value is -2.76. The summed E-state index contributed by atoms with van der Waals surface area (Å²) >= 11 is 0. The van der Waals surface area contributed by atoms with Gasteiger partial charge in [0.2, 0.25) is 11.8 Å². The summed E-state index contributed by atoms with van der Waals surface area (Å²) in [5.74, 6) is -2.73. The van der Waals surface area contributed by atoms with Crippen molar-refractivity contribution >= 4 is 23.2 Å². The van der Waals surface area contributed by atoms with Gasteiger partial charge in [0.05, 0.1) is 11.6 Å². The molecule has 2 amide bonds. The van der Waals surface area contributed by atoms with Crippen LogP contribution in [0.25, 0.3) is 0 Å². The number of carbonyl (C=O) groups excluding carboxylic acids is 2. The molecule has 0 saturated carbocycles. The Kier molecular flexibility index (Phi) is 4.79. The molecule has 1 heterocycles. The molecule has 0 aromatic heterocycles. The van der Waals surface area contributed by atoms with Crippen molar-refractivity contribution in [3.63, 3.8) is 0 Å². The van der Waals surface area contributed by atoms with Gasteiger partial charge in [-0.25, -0.2) is 8.78 Å². The van der Waals surface area contributed by atoms with Crippen LogP contribution in [0, 0.1) is 17.6 Å². The van der Waals surface area contributed by atoms with E-state index in [1.54, 1.807) is 4.90 Å². The minimum Gasteiger partial charge on any atom is -0.323 e. The number of hydrogen-bond donors (Lipinski definition) is 1. The standard InChI is InChI=1S/C19H18F2N2O2/c1-2-12-4-3-5-15(8-12)23-11-13(9-18(23)24)19(25)22-17-7-6-14(20)10-16(17)21/h3-8,10,13H,2,9,11H2,1H3,(H,22,25)/t13-/m1/s1. The van der Waals surface area contributed by atoms with Crippen molar-refractivity contribution in [3.05, 3.63) is 59.7 Å². The second kappa shape index (κ2) is 7.01. The van der Waals surface area contributed by atoms with Crippen molar-refractivity contribution in [2.75, 3.05) is 16.8 Å². The molecule has 0 bridgehead atoms. The third kappa shape index (κ3) is 3.68. The fourth-order valence-electron chi connectivity index (χ4n) is 2.90. The lowest BCUT2D eigenvalue weighted by molar-refractivity contribution is -0.122. The van der Waals surface area contributed by atoms with E-state index in [9.17, 15) is 18.4 Å². The Balaban J connectivity index is 1.72. The summed E-state index contributed by atoms with van der Waals surface area (Å²) in [6, 6.07) is 10.6. The van der Waals surface area contributed by atoms with Gasteiger partial charge in [-0.3, -0.25) is 9.59 Å². The zero-order valence-corrected chi connectivity index (χ0v) is 13.8. The molecule has 0 unspecified atom stereocenters. The Morgan fingerprint density at radius 1 is 1.24 bits per heavy atom. The van der Waals surface area contributed by atoms with E-state index >= 15 is 0 Å². The number of amides is 2. The van der Waals surface area contributed by atoms with Gasteiger partial charge >= 0.3 is 0 Å². The van der Waals surface area contributed by atoms with Gasteiger partial charge in [0.1, 0.15) is 11.6 Å². The summed E-state index contributed by atoms with van der Waals surface area (Å²) in [5, 5.41) is 2.43. The first-order valence-corrected chi connectivity index (χ1v) is 8.13. The normalized spacial score (nSPS) is 17.0. The molecule has 1 atom stereocenters. The summed E-state index contributed by atoms with van der Waals surface area (Å²) in [6.07, 6.45) is 0.911. The maximum atomic E-state index is 13.7. The summed E-state index contributed by atoms with van der Waals surface area (Å²) < 4.78 is 26.6. The SMILES string of the molecule is CCc1cccc(N2C[C@H](C(=O)Nc3ccc(F)cc3F)CC2=O)c1. The molecule has 2 aromatic carbocycles. The molecule has 1 fully saturated rings. The number of benzene rings is 2. The van der Waals surface area contributed by atoms with Crippen molar-refractivity contribution in [3.8, 4) is 0 Å². The first-order valence-electron chi connectivity index (χ1n) is 8.13. The maximum absolute atomic E-state index is 13.7. The van der Waals surface area contributed by atoms with Crippen molar-refractivity contribution in [1.29, 1.82) is 0 Å². The Labute approximate surface area is 144 Å². The molecule has 0 radical (unpaired) electrons. The highest BCUT2D eigenvalue weighted by Gasteiger charge is 2.35. The summed E-state index contributed by atoms with van der Waals surface area (Å²) in [6.45, 7) is 2.26. The number of nitrogens with zero attached hydrogens (tertiary/aromatic N) is 1. The molecule has 2 aromatic rings. The Morgan fingerprint density at radius 3 is 2.76 bits per heavy atom. The number of anilines is 2. The lowest BCUT2D eigenvalue weighted by atomic mass is 10.1. The van der Waals surface area contributed by atoms with E-state index in [0.29, 0.717) is 6.07 Å². The molecule has 1 N–H and O–H groups in total. The first kappa shape index (κ1) is 17.1. The van der Waals surface area contributed by atoms with Gasteiger partial charge in [0.25, 0.3) is 0 Å². The van der Waals surface area contributed by atoms with Gasteiger partial charge in [-0.05, 0) is 36.2 Å². The van der Waals surface area contributed by atoms with Crippen LogP contribution in [-0.2, 0) is 16.0 Å². The van der Waals surface area contributed by atoms with Crippen molar-refractivity contribution in [2.45, 2.75) is 19.8 Å². The van der Waals surface area contributed by atoms with E-state index in [1.807, 2.05) is 31.2 Å². The van der Waals surface area contributed by atoms with E-state index in [1.165, 1.54) is 6.07 Å². The van der Waals surface area contributed by atoms with E-state index in [2.05, 4.69) is 5.32 Å². The molecule has 25 heavy (non-hydrogen) atoms. The largest absolute Gasteiger partial charge is 0.323 e. The number of rotatable bonds is 4. The average molecular weight is 344 g/mol. The van der Waals surface area contributed by atoms with Crippen LogP contribution < -0.4 is 10.2 Å². The smallest absolute Gasteiger partial charge is 0.229 e. The van der Waals surface area contributed by atoms with E-state index in [-0.39, 0.29) is 24.6 Å². The minimum absolute atomic E-state index is 0.0605. The summed E-state index contributed by atoms with van der Waals surface area (Å²) in [4.78, 5) is 26.2. The highest BCUT2D eigenvalue weighted by Crippen LogP contribution is 2.27. The van der Waals surface area contributed by atoms with E-state index in [0.717, 1.165) is 23.7 Å². The average Bonchev–Trinajstić information content (AvgIpc) is 2.99. The Morgan fingerprint density at radius 2 is 2.04 bits per heavy atom. The van der Waals surface area contributed by atoms with Gasteiger partial charge < -0.3 is 10.2 Å². The third-order valence-corrected chi connectivity index (χ3v) is 4.32. The van der Waals surface area contributed by atoms with Crippen LogP contribution in [0.4, 0.5) is 20.2 Å². The molecular formula is C19H18F2N2O2. The molecular weight excluding hydrogens is 326 g/mol. The fourth-order valence-corrected chi connectivity index (χ4v) is 2.90. The van der Waals surface area contributed by atoms with Crippen LogP contribution in [0.15, 0.2) is 42.5 Å². The van der Waals surface area contributed by atoms with Gasteiger partial charge in [0, 0.05) is 24.7 Å². The highest BCUT2D eigenvalue weighted by molar-refractivity contribution is 6.03. The summed E-state index contributed by atoms with van der Waals surface area (Å²) in [7, 11) is 0. The maximum Gasteiger partial charge on any atom is 0.229 e. The van der Waals surface area contributed by atoms with Gasteiger partial charge in [0.15, 0.2) is 0 Å². The van der Waals surface area contributed by atoms with Crippen LogP contribution in [0.2, 0.25) is 0 Å². The molecule has 1 aliphatic heterocycles. The molecule has 0 aliphatic carbocycles. The quantitative estimate of drug-likeness (QED) is 0.923. The molecule has 1 saturated heterocycles. The number of halogens is 2. The van der Waals surface area contributed by atoms with Crippen molar-refractivity contribution in [1.82, 2.24) is 0 Å². The number of hydrogen-bond acceptors (Lipinski definition) is 2. The summed E-state index contributed by atoms with van der Waals surface area (Å²) in [5.41, 5.74) is 1.77. The van der Waals surface area contributed by atoms with Crippen LogP contribution in [0.3, 0.4) is 0 Å². The van der Waals surface area contributed by atoms with E-state index < -0.39 is 23.5 Å². The number of aryl methyl sites for hydroxylation is 1. The second-order valence-electron chi connectivity index (χ2n) is 6.04. The first-order chi connectivity index (χ1) is 12.0. The zero-order valence-electron chi connectivity index (χ0n) is 13.8. The van der Waals surface area contributed by atoms with Crippen LogP contribution >= 0.6 is 0 Å². The molecule has 6 heteroatoms. The number of nitrogens with one attached hydrogen (secondary N) is 1. The predicted molar refractivity (Wildman–Crippen MR) is 91.3 cm³/mol. The highest BCUT2D eigenvalue weighted by atomic mass is 19.1. The number of carbonyl (C=O) groups is 2. The van der Waals surface area contributed by atoms with Gasteiger partial charge in [-0.15, -0.1) is 0 Å². The van der Waals surface area contributed by atoms with Crippen molar-refractivity contribution < 1.29 is 18.4 Å².